The van der Waals surface area contributed by atoms with Gasteiger partial charge >= 0.3 is 5.97 Å². The summed E-state index contributed by atoms with van der Waals surface area (Å²) in [6.07, 6.45) is 1.52. The zero-order chi connectivity index (χ0) is 31.8. The number of nitrogens with one attached hydrogen (secondary N) is 3. The normalized spacial score (nSPS) is 14.6. The number of carbonyl (C=O) groups excluding carboxylic acids is 2. The molecule has 230 valence electrons. The molecule has 1 aliphatic heterocycles. The number of hydrogen-bond donors (Lipinski definition) is 3. The number of carbonyl (C=O) groups is 2. The third-order valence-corrected chi connectivity index (χ3v) is 7.69. The van der Waals surface area contributed by atoms with Gasteiger partial charge in [-0.3, -0.25) is 4.79 Å². The highest BCUT2D eigenvalue weighted by Crippen LogP contribution is 2.33. The Hall–Kier alpha value is -4.74. The number of thiocarbonyl (C=S) groups is 1. The first-order valence-electron chi connectivity index (χ1n) is 14.2. The molecule has 4 aromatic rings. The molecule has 0 aliphatic carbocycles. The maximum absolute atomic E-state index is 12.8. The van der Waals surface area contributed by atoms with Crippen LogP contribution in [0.15, 0.2) is 106 Å². The van der Waals surface area contributed by atoms with Crippen molar-refractivity contribution in [3.63, 3.8) is 0 Å². The summed E-state index contributed by atoms with van der Waals surface area (Å²) in [5.41, 5.74) is 5.83. The first kappa shape index (κ1) is 31.7. The van der Waals surface area contributed by atoms with Crippen molar-refractivity contribution in [2.45, 2.75) is 26.5 Å². The van der Waals surface area contributed by atoms with Crippen molar-refractivity contribution in [2.75, 3.05) is 13.2 Å². The van der Waals surface area contributed by atoms with E-state index in [0.29, 0.717) is 45.6 Å². The van der Waals surface area contributed by atoms with Crippen LogP contribution in [-0.2, 0) is 20.9 Å². The van der Waals surface area contributed by atoms with Gasteiger partial charge in [0.25, 0.3) is 5.91 Å². The van der Waals surface area contributed by atoms with E-state index in [1.54, 1.807) is 32.0 Å². The minimum absolute atomic E-state index is 0.226. The van der Waals surface area contributed by atoms with Crippen LogP contribution in [0.2, 0.25) is 0 Å². The molecule has 0 bridgehead atoms. The van der Waals surface area contributed by atoms with Gasteiger partial charge in [0.2, 0.25) is 0 Å². The number of esters is 1. The second kappa shape index (κ2) is 14.8. The van der Waals surface area contributed by atoms with E-state index in [1.807, 2.05) is 48.5 Å². The van der Waals surface area contributed by atoms with Gasteiger partial charge in [0, 0.05) is 21.3 Å². The van der Waals surface area contributed by atoms with Crippen LogP contribution in [0.3, 0.4) is 0 Å². The largest absolute Gasteiger partial charge is 0.488 e. The summed E-state index contributed by atoms with van der Waals surface area (Å²) in [4.78, 5) is 25.5. The second-order valence-electron chi connectivity index (χ2n) is 10.0. The Balaban J connectivity index is 1.24. The topological polar surface area (TPSA) is 110 Å². The first-order valence-corrected chi connectivity index (χ1v) is 15.4. The van der Waals surface area contributed by atoms with Gasteiger partial charge in [0.05, 0.1) is 24.4 Å². The van der Waals surface area contributed by atoms with Crippen molar-refractivity contribution < 1.29 is 23.8 Å². The highest BCUT2D eigenvalue weighted by atomic mass is 79.9. The standard InChI is InChI=1S/C34H31BrN4O5S/c1-3-42-33(41)31-21(2)37-34(45)38-32(31)27-13-6-7-14-29(27)44-20-30(40)39-36-18-24-17-25(35)15-16-28(24)43-19-23-11-8-10-22-9-4-5-12-26(22)23/h4-18,32H,3,19-20H2,1-2H3,(H,39,40)(H2,37,38,45)/t32-/m1/s1. The lowest BCUT2D eigenvalue weighted by molar-refractivity contribution is -0.139. The van der Waals surface area contributed by atoms with Crippen molar-refractivity contribution in [1.29, 1.82) is 0 Å². The number of amides is 1. The average Bonchev–Trinajstić information content (AvgIpc) is 3.03. The van der Waals surface area contributed by atoms with Gasteiger partial charge in [-0.1, -0.05) is 76.6 Å². The molecule has 5 rings (SSSR count). The molecule has 45 heavy (non-hydrogen) atoms. The highest BCUT2D eigenvalue weighted by Gasteiger charge is 2.32. The Morgan fingerprint density at radius 3 is 2.62 bits per heavy atom. The molecule has 1 amide bonds. The van der Waals surface area contributed by atoms with Crippen LogP contribution in [0.25, 0.3) is 10.8 Å². The van der Waals surface area contributed by atoms with Crippen molar-refractivity contribution in [1.82, 2.24) is 16.1 Å². The zero-order valence-corrected chi connectivity index (χ0v) is 27.0. The van der Waals surface area contributed by atoms with Crippen LogP contribution >= 0.6 is 28.1 Å². The van der Waals surface area contributed by atoms with E-state index in [0.717, 1.165) is 20.8 Å². The fourth-order valence-electron chi connectivity index (χ4n) is 4.93. The number of para-hydroxylation sites is 1. The van der Waals surface area contributed by atoms with Crippen LogP contribution in [-0.4, -0.2) is 36.4 Å². The van der Waals surface area contributed by atoms with E-state index in [-0.39, 0.29) is 13.2 Å². The fourth-order valence-corrected chi connectivity index (χ4v) is 5.58. The summed E-state index contributed by atoms with van der Waals surface area (Å²) in [5.74, 6) is 0.0739. The van der Waals surface area contributed by atoms with Gasteiger partial charge < -0.3 is 24.8 Å². The molecule has 1 heterocycles. The molecule has 1 aliphatic rings. The number of rotatable bonds is 11. The SMILES string of the molecule is CCOC(=O)C1=C(C)NC(=S)N[C@@H]1c1ccccc1OCC(=O)NN=Cc1cc(Br)ccc1OCc1cccc2ccccc12. The summed E-state index contributed by atoms with van der Waals surface area (Å²) >= 11 is 8.83. The Labute approximate surface area is 274 Å². The number of nitrogens with zero attached hydrogens (tertiary/aromatic N) is 1. The molecule has 0 fully saturated rings. The van der Waals surface area contributed by atoms with Crippen LogP contribution in [0.5, 0.6) is 11.5 Å². The van der Waals surface area contributed by atoms with Crippen molar-refractivity contribution in [2.24, 2.45) is 5.10 Å². The molecule has 0 spiro atoms. The van der Waals surface area contributed by atoms with E-state index >= 15 is 0 Å². The van der Waals surface area contributed by atoms with Gasteiger partial charge in [0.15, 0.2) is 11.7 Å². The van der Waals surface area contributed by atoms with Crippen molar-refractivity contribution in [3.8, 4) is 11.5 Å². The number of hydrogen-bond acceptors (Lipinski definition) is 7. The van der Waals surface area contributed by atoms with E-state index < -0.39 is 17.9 Å². The second-order valence-corrected chi connectivity index (χ2v) is 11.3. The minimum Gasteiger partial charge on any atom is -0.488 e. The third-order valence-electron chi connectivity index (χ3n) is 6.98. The molecule has 1 atom stereocenters. The number of hydrazone groups is 1. The van der Waals surface area contributed by atoms with Crippen molar-refractivity contribution in [3.05, 3.63) is 117 Å². The molecule has 0 saturated carbocycles. The van der Waals surface area contributed by atoms with Gasteiger partial charge in [-0.15, -0.1) is 0 Å². The predicted molar refractivity (Wildman–Crippen MR) is 181 cm³/mol. The molecule has 0 saturated heterocycles. The number of ether oxygens (including phenoxy) is 3. The smallest absolute Gasteiger partial charge is 0.338 e. The predicted octanol–water partition coefficient (Wildman–Crippen LogP) is 6.07. The van der Waals surface area contributed by atoms with Crippen LogP contribution < -0.4 is 25.5 Å². The van der Waals surface area contributed by atoms with Gasteiger partial charge in [-0.05, 0) is 66.7 Å². The summed E-state index contributed by atoms with van der Waals surface area (Å²) < 4.78 is 18.2. The molecule has 3 N–H and O–H groups in total. The molecular weight excluding hydrogens is 656 g/mol. The fraction of sp³-hybridized carbons (Fsp3) is 0.176. The lowest BCUT2D eigenvalue weighted by Crippen LogP contribution is -2.45. The quantitative estimate of drug-likeness (QED) is 0.0756. The van der Waals surface area contributed by atoms with E-state index in [1.165, 1.54) is 6.21 Å². The van der Waals surface area contributed by atoms with E-state index in [2.05, 4.69) is 55.3 Å². The van der Waals surface area contributed by atoms with Crippen LogP contribution in [0, 0.1) is 0 Å². The summed E-state index contributed by atoms with van der Waals surface area (Å²) in [7, 11) is 0. The van der Waals surface area contributed by atoms with E-state index in [4.69, 9.17) is 26.4 Å². The minimum atomic E-state index is -0.626. The number of fused-ring (bicyclic) bond motifs is 1. The Bertz CT molecular complexity index is 1800. The van der Waals surface area contributed by atoms with Gasteiger partial charge in [-0.2, -0.15) is 5.10 Å². The van der Waals surface area contributed by atoms with Crippen molar-refractivity contribution >= 4 is 62.1 Å². The lowest BCUT2D eigenvalue weighted by Gasteiger charge is -2.30. The molecule has 0 aromatic heterocycles. The van der Waals surface area contributed by atoms with E-state index in [9.17, 15) is 9.59 Å². The molecule has 0 unspecified atom stereocenters. The third kappa shape index (κ3) is 7.86. The Kier molecular flexibility index (Phi) is 10.4. The van der Waals surface area contributed by atoms with Gasteiger partial charge in [-0.25, -0.2) is 10.2 Å². The number of allylic oxidation sites excluding steroid dienone is 1. The lowest BCUT2D eigenvalue weighted by atomic mass is 9.95. The first-order chi connectivity index (χ1) is 21.8. The van der Waals surface area contributed by atoms with Crippen LogP contribution in [0.1, 0.15) is 36.6 Å². The van der Waals surface area contributed by atoms with Gasteiger partial charge in [0.1, 0.15) is 18.1 Å². The number of halogens is 1. The molecular formula is C34H31BrN4O5S. The maximum Gasteiger partial charge on any atom is 0.338 e. The Morgan fingerprint density at radius 1 is 1.00 bits per heavy atom. The zero-order valence-electron chi connectivity index (χ0n) is 24.6. The molecule has 9 nitrogen and oxygen atoms in total. The average molecular weight is 688 g/mol. The summed E-state index contributed by atoms with van der Waals surface area (Å²) in [5, 5.41) is 12.9. The summed E-state index contributed by atoms with van der Waals surface area (Å²) in [6, 6.07) is 26.4. The number of benzene rings is 4. The molecule has 4 aromatic carbocycles. The maximum atomic E-state index is 12.8. The summed E-state index contributed by atoms with van der Waals surface area (Å²) in [6.45, 7) is 3.78. The molecule has 11 heteroatoms. The molecule has 0 radical (unpaired) electrons. The highest BCUT2D eigenvalue weighted by molar-refractivity contribution is 9.10. The van der Waals surface area contributed by atoms with Crippen LogP contribution in [0.4, 0.5) is 0 Å². The monoisotopic (exact) mass is 686 g/mol. The Morgan fingerprint density at radius 2 is 1.78 bits per heavy atom.